The van der Waals surface area contributed by atoms with Crippen molar-refractivity contribution in [1.29, 1.82) is 0 Å². The summed E-state index contributed by atoms with van der Waals surface area (Å²) in [6.07, 6.45) is 1.89. The van der Waals surface area contributed by atoms with Crippen molar-refractivity contribution in [3.8, 4) is 11.1 Å². The first kappa shape index (κ1) is 12.6. The third kappa shape index (κ3) is 3.31. The second kappa shape index (κ2) is 6.17. The second-order valence-corrected chi connectivity index (χ2v) is 4.22. The van der Waals surface area contributed by atoms with E-state index in [0.29, 0.717) is 6.61 Å². The van der Waals surface area contributed by atoms with Crippen LogP contribution in [0.1, 0.15) is 5.56 Å². The monoisotopic (exact) mass is 242 g/mol. The lowest BCUT2D eigenvalue weighted by Gasteiger charge is -2.06. The Labute approximate surface area is 108 Å². The summed E-state index contributed by atoms with van der Waals surface area (Å²) in [6.45, 7) is 3.54. The Morgan fingerprint density at radius 3 is 2.39 bits per heavy atom. The van der Waals surface area contributed by atoms with Crippen LogP contribution in [0, 0.1) is 6.92 Å². The van der Waals surface area contributed by atoms with Crippen LogP contribution < -0.4 is 5.32 Å². The third-order valence-corrected chi connectivity index (χ3v) is 2.76. The molecule has 94 valence electrons. The van der Waals surface area contributed by atoms with Gasteiger partial charge in [-0.1, -0.05) is 29.8 Å². The smallest absolute Gasteiger partial charge is 0.125 e. The molecule has 3 nitrogen and oxygen atoms in total. The first-order valence-corrected chi connectivity index (χ1v) is 6.05. The van der Waals surface area contributed by atoms with E-state index in [2.05, 4.69) is 47.6 Å². The van der Waals surface area contributed by atoms with E-state index in [9.17, 15) is 0 Å². The van der Waals surface area contributed by atoms with Crippen LogP contribution in [0.5, 0.6) is 0 Å². The second-order valence-electron chi connectivity index (χ2n) is 4.22. The molecule has 0 aliphatic carbocycles. The molecule has 1 heterocycles. The number of ether oxygens (including phenoxy) is 1. The van der Waals surface area contributed by atoms with Crippen molar-refractivity contribution in [3.05, 3.63) is 48.2 Å². The summed E-state index contributed by atoms with van der Waals surface area (Å²) in [6, 6.07) is 12.5. The number of hydrogen-bond donors (Lipinski definition) is 1. The predicted molar refractivity (Wildman–Crippen MR) is 74.8 cm³/mol. The van der Waals surface area contributed by atoms with E-state index < -0.39 is 0 Å². The van der Waals surface area contributed by atoms with Crippen molar-refractivity contribution in [2.75, 3.05) is 25.6 Å². The zero-order valence-corrected chi connectivity index (χ0v) is 10.8. The molecule has 0 bridgehead atoms. The van der Waals surface area contributed by atoms with Gasteiger partial charge in [-0.05, 0) is 24.6 Å². The summed E-state index contributed by atoms with van der Waals surface area (Å²) in [5, 5.41) is 3.20. The number of nitrogens with one attached hydrogen (secondary N) is 1. The molecule has 3 heteroatoms. The predicted octanol–water partition coefficient (Wildman–Crippen LogP) is 3.12. The van der Waals surface area contributed by atoms with Crippen molar-refractivity contribution in [1.82, 2.24) is 4.98 Å². The van der Waals surface area contributed by atoms with Gasteiger partial charge in [0.1, 0.15) is 5.82 Å². The highest BCUT2D eigenvalue weighted by molar-refractivity contribution is 5.63. The molecule has 0 radical (unpaired) electrons. The van der Waals surface area contributed by atoms with E-state index in [-0.39, 0.29) is 0 Å². The molecule has 2 rings (SSSR count). The van der Waals surface area contributed by atoms with E-state index in [4.69, 9.17) is 4.74 Å². The largest absolute Gasteiger partial charge is 0.383 e. The van der Waals surface area contributed by atoms with Crippen LogP contribution in [-0.2, 0) is 4.74 Å². The summed E-state index contributed by atoms with van der Waals surface area (Å²) in [5.74, 6) is 0.878. The summed E-state index contributed by atoms with van der Waals surface area (Å²) in [5.41, 5.74) is 3.59. The average Bonchev–Trinajstić information content (AvgIpc) is 2.41. The van der Waals surface area contributed by atoms with Crippen LogP contribution in [0.25, 0.3) is 11.1 Å². The van der Waals surface area contributed by atoms with E-state index in [1.807, 2.05) is 12.3 Å². The zero-order valence-electron chi connectivity index (χ0n) is 10.8. The van der Waals surface area contributed by atoms with Crippen molar-refractivity contribution in [2.45, 2.75) is 6.92 Å². The minimum absolute atomic E-state index is 0.682. The van der Waals surface area contributed by atoms with E-state index in [0.717, 1.165) is 17.9 Å². The van der Waals surface area contributed by atoms with Crippen LogP contribution >= 0.6 is 0 Å². The van der Waals surface area contributed by atoms with Crippen LogP contribution in [-0.4, -0.2) is 25.2 Å². The molecule has 0 unspecified atom stereocenters. The van der Waals surface area contributed by atoms with Crippen molar-refractivity contribution in [2.24, 2.45) is 0 Å². The van der Waals surface area contributed by atoms with E-state index >= 15 is 0 Å². The van der Waals surface area contributed by atoms with Crippen molar-refractivity contribution >= 4 is 5.82 Å². The van der Waals surface area contributed by atoms with Crippen LogP contribution in [0.2, 0.25) is 0 Å². The molecule has 1 N–H and O–H groups in total. The van der Waals surface area contributed by atoms with E-state index in [1.54, 1.807) is 7.11 Å². The summed E-state index contributed by atoms with van der Waals surface area (Å²) in [7, 11) is 1.69. The fourth-order valence-electron chi connectivity index (χ4n) is 1.70. The number of pyridine rings is 1. The molecule has 0 amide bonds. The number of aromatic nitrogens is 1. The third-order valence-electron chi connectivity index (χ3n) is 2.76. The van der Waals surface area contributed by atoms with Gasteiger partial charge in [0, 0.05) is 25.4 Å². The fourth-order valence-corrected chi connectivity index (χ4v) is 1.70. The maximum atomic E-state index is 4.98. The Balaban J connectivity index is 2.05. The van der Waals surface area contributed by atoms with Crippen LogP contribution in [0.3, 0.4) is 0 Å². The molecule has 0 aliphatic heterocycles. The Morgan fingerprint density at radius 2 is 1.78 bits per heavy atom. The molecular formula is C15H18N2O. The number of rotatable bonds is 5. The van der Waals surface area contributed by atoms with Gasteiger partial charge in [0.2, 0.25) is 0 Å². The van der Waals surface area contributed by atoms with Gasteiger partial charge in [-0.25, -0.2) is 4.98 Å². The normalized spacial score (nSPS) is 10.3. The Kier molecular flexibility index (Phi) is 4.31. The first-order chi connectivity index (χ1) is 8.79. The van der Waals surface area contributed by atoms with Gasteiger partial charge in [0.15, 0.2) is 0 Å². The molecule has 0 aliphatic rings. The molecule has 0 fully saturated rings. The highest BCUT2D eigenvalue weighted by Crippen LogP contribution is 2.19. The average molecular weight is 242 g/mol. The van der Waals surface area contributed by atoms with Crippen LogP contribution in [0.15, 0.2) is 42.6 Å². The molecule has 18 heavy (non-hydrogen) atoms. The minimum atomic E-state index is 0.682. The van der Waals surface area contributed by atoms with Gasteiger partial charge in [-0.3, -0.25) is 0 Å². The van der Waals surface area contributed by atoms with Gasteiger partial charge >= 0.3 is 0 Å². The molecular weight excluding hydrogens is 224 g/mol. The lowest BCUT2D eigenvalue weighted by Crippen LogP contribution is -2.08. The lowest BCUT2D eigenvalue weighted by molar-refractivity contribution is 0.210. The minimum Gasteiger partial charge on any atom is -0.383 e. The first-order valence-electron chi connectivity index (χ1n) is 6.05. The standard InChI is InChI=1S/C15H18N2O/c1-12-3-5-13(6-4-12)14-7-8-15(17-11-14)16-9-10-18-2/h3-8,11H,9-10H2,1-2H3,(H,16,17). The molecule has 0 spiro atoms. The summed E-state index contributed by atoms with van der Waals surface area (Å²) >= 11 is 0. The molecule has 1 aromatic heterocycles. The van der Waals surface area contributed by atoms with Gasteiger partial charge in [-0.15, -0.1) is 0 Å². The molecule has 2 aromatic rings. The highest BCUT2D eigenvalue weighted by atomic mass is 16.5. The molecule has 0 atom stereocenters. The maximum absolute atomic E-state index is 4.98. The Morgan fingerprint density at radius 1 is 1.06 bits per heavy atom. The maximum Gasteiger partial charge on any atom is 0.125 e. The quantitative estimate of drug-likeness (QED) is 0.818. The number of hydrogen-bond acceptors (Lipinski definition) is 3. The Hall–Kier alpha value is -1.87. The van der Waals surface area contributed by atoms with Gasteiger partial charge < -0.3 is 10.1 Å². The van der Waals surface area contributed by atoms with Crippen molar-refractivity contribution < 1.29 is 4.74 Å². The molecule has 0 saturated carbocycles. The van der Waals surface area contributed by atoms with Gasteiger partial charge in [0.05, 0.1) is 6.61 Å². The zero-order chi connectivity index (χ0) is 12.8. The van der Waals surface area contributed by atoms with Gasteiger partial charge in [-0.2, -0.15) is 0 Å². The summed E-state index contributed by atoms with van der Waals surface area (Å²) in [4.78, 5) is 4.38. The topological polar surface area (TPSA) is 34.1 Å². The number of benzene rings is 1. The fraction of sp³-hybridized carbons (Fsp3) is 0.267. The van der Waals surface area contributed by atoms with E-state index in [1.165, 1.54) is 11.1 Å². The number of nitrogens with zero attached hydrogens (tertiary/aromatic N) is 1. The number of anilines is 1. The summed E-state index contributed by atoms with van der Waals surface area (Å²) < 4.78 is 4.98. The number of methoxy groups -OCH3 is 1. The van der Waals surface area contributed by atoms with Crippen LogP contribution in [0.4, 0.5) is 5.82 Å². The SMILES string of the molecule is COCCNc1ccc(-c2ccc(C)cc2)cn1. The lowest BCUT2D eigenvalue weighted by atomic mass is 10.1. The molecule has 0 saturated heterocycles. The van der Waals surface area contributed by atoms with Gasteiger partial charge in [0.25, 0.3) is 0 Å². The molecule has 1 aromatic carbocycles. The van der Waals surface area contributed by atoms with Crippen molar-refractivity contribution in [3.63, 3.8) is 0 Å². The highest BCUT2D eigenvalue weighted by Gasteiger charge is 1.98. The Bertz CT molecular complexity index is 477. The number of aryl methyl sites for hydroxylation is 1.